The van der Waals surface area contributed by atoms with Crippen molar-refractivity contribution in [3.05, 3.63) is 43.0 Å². The molecule has 0 aliphatic heterocycles. The number of nitrogens with zero attached hydrogens (tertiary/aromatic N) is 2. The molecule has 2 heterocycles. The SMILES string of the molecule is CCCCn1cnc(-c2c[nH]c3ccccc23)c1. The molecular weight excluding hydrogens is 222 g/mol. The maximum Gasteiger partial charge on any atom is 0.0953 e. The minimum absolute atomic E-state index is 1.04. The predicted molar refractivity (Wildman–Crippen MR) is 74.4 cm³/mol. The lowest BCUT2D eigenvalue weighted by Crippen LogP contribution is -1.92. The van der Waals surface area contributed by atoms with E-state index in [-0.39, 0.29) is 0 Å². The lowest BCUT2D eigenvalue weighted by atomic mass is 10.1. The maximum absolute atomic E-state index is 4.50. The normalized spacial score (nSPS) is 11.2. The lowest BCUT2D eigenvalue weighted by Gasteiger charge is -1.98. The van der Waals surface area contributed by atoms with Crippen molar-refractivity contribution in [2.75, 3.05) is 0 Å². The van der Waals surface area contributed by atoms with Crippen LogP contribution in [0.25, 0.3) is 22.2 Å². The molecule has 0 aliphatic carbocycles. The fourth-order valence-electron chi connectivity index (χ4n) is 2.25. The van der Waals surface area contributed by atoms with E-state index in [2.05, 4.69) is 45.9 Å². The largest absolute Gasteiger partial charge is 0.360 e. The summed E-state index contributed by atoms with van der Waals surface area (Å²) in [6.07, 6.45) is 8.50. The number of H-pyrrole nitrogens is 1. The first-order valence-corrected chi connectivity index (χ1v) is 6.46. The van der Waals surface area contributed by atoms with E-state index >= 15 is 0 Å². The Morgan fingerprint density at radius 3 is 3.06 bits per heavy atom. The Balaban J connectivity index is 1.96. The van der Waals surface area contributed by atoms with E-state index < -0.39 is 0 Å². The number of aromatic nitrogens is 3. The average Bonchev–Trinajstić information content (AvgIpc) is 3.02. The van der Waals surface area contributed by atoms with Crippen LogP contribution in [0.3, 0.4) is 0 Å². The number of aromatic amines is 1. The minimum atomic E-state index is 1.04. The minimum Gasteiger partial charge on any atom is -0.360 e. The lowest BCUT2D eigenvalue weighted by molar-refractivity contribution is 0.631. The Hall–Kier alpha value is -2.03. The molecule has 0 atom stereocenters. The van der Waals surface area contributed by atoms with Crippen molar-refractivity contribution in [2.24, 2.45) is 0 Å². The van der Waals surface area contributed by atoms with Gasteiger partial charge in [0.15, 0.2) is 0 Å². The highest BCUT2D eigenvalue weighted by atomic mass is 15.0. The zero-order chi connectivity index (χ0) is 12.4. The van der Waals surface area contributed by atoms with Crippen LogP contribution in [0.5, 0.6) is 0 Å². The molecule has 0 amide bonds. The summed E-state index contributed by atoms with van der Waals surface area (Å²) in [5.74, 6) is 0. The van der Waals surface area contributed by atoms with Crippen molar-refractivity contribution in [1.29, 1.82) is 0 Å². The predicted octanol–water partition coefficient (Wildman–Crippen LogP) is 3.83. The standard InChI is InChI=1S/C15H17N3/c1-2-3-8-18-10-15(17-11-18)13-9-16-14-7-5-4-6-12(13)14/h4-7,9-11,16H,2-3,8H2,1H3. The zero-order valence-electron chi connectivity index (χ0n) is 10.6. The van der Waals surface area contributed by atoms with E-state index in [9.17, 15) is 0 Å². The van der Waals surface area contributed by atoms with Crippen LogP contribution in [-0.4, -0.2) is 14.5 Å². The monoisotopic (exact) mass is 239 g/mol. The van der Waals surface area contributed by atoms with E-state index in [0.717, 1.165) is 17.8 Å². The Morgan fingerprint density at radius 1 is 1.28 bits per heavy atom. The van der Waals surface area contributed by atoms with Gasteiger partial charge < -0.3 is 9.55 Å². The summed E-state index contributed by atoms with van der Waals surface area (Å²) in [7, 11) is 0. The van der Waals surface area contributed by atoms with Crippen molar-refractivity contribution < 1.29 is 0 Å². The molecule has 0 spiro atoms. The Kier molecular flexibility index (Phi) is 2.89. The number of aryl methyl sites for hydroxylation is 1. The molecule has 0 bridgehead atoms. The van der Waals surface area contributed by atoms with Gasteiger partial charge >= 0.3 is 0 Å². The van der Waals surface area contributed by atoms with Crippen molar-refractivity contribution >= 4 is 10.9 Å². The number of imidazole rings is 1. The highest BCUT2D eigenvalue weighted by molar-refractivity contribution is 5.94. The van der Waals surface area contributed by atoms with E-state index in [0.29, 0.717) is 0 Å². The molecule has 3 rings (SSSR count). The summed E-state index contributed by atoms with van der Waals surface area (Å²) >= 11 is 0. The van der Waals surface area contributed by atoms with Crippen molar-refractivity contribution in [1.82, 2.24) is 14.5 Å². The van der Waals surface area contributed by atoms with Gasteiger partial charge in [-0.25, -0.2) is 4.98 Å². The Morgan fingerprint density at radius 2 is 2.17 bits per heavy atom. The van der Waals surface area contributed by atoms with Crippen LogP contribution in [-0.2, 0) is 6.54 Å². The number of benzene rings is 1. The van der Waals surface area contributed by atoms with Crippen LogP contribution in [0.2, 0.25) is 0 Å². The molecule has 92 valence electrons. The number of fused-ring (bicyclic) bond motifs is 1. The molecule has 0 saturated carbocycles. The fraction of sp³-hybridized carbons (Fsp3) is 0.267. The van der Waals surface area contributed by atoms with Gasteiger partial charge in [-0.2, -0.15) is 0 Å². The van der Waals surface area contributed by atoms with Crippen LogP contribution in [0.15, 0.2) is 43.0 Å². The van der Waals surface area contributed by atoms with Crippen LogP contribution in [0.4, 0.5) is 0 Å². The number of rotatable bonds is 4. The summed E-state index contributed by atoms with van der Waals surface area (Å²) in [5, 5.41) is 1.23. The molecule has 1 N–H and O–H groups in total. The topological polar surface area (TPSA) is 33.6 Å². The van der Waals surface area contributed by atoms with Crippen molar-refractivity contribution in [2.45, 2.75) is 26.3 Å². The zero-order valence-corrected chi connectivity index (χ0v) is 10.6. The molecule has 1 aromatic carbocycles. The summed E-state index contributed by atoms with van der Waals surface area (Å²) in [4.78, 5) is 7.79. The van der Waals surface area contributed by atoms with E-state index in [4.69, 9.17) is 0 Å². The third-order valence-electron chi connectivity index (χ3n) is 3.27. The Labute approximate surface area is 106 Å². The van der Waals surface area contributed by atoms with Gasteiger partial charge in [0.1, 0.15) is 0 Å². The van der Waals surface area contributed by atoms with Crippen LogP contribution in [0.1, 0.15) is 19.8 Å². The van der Waals surface area contributed by atoms with Crippen LogP contribution < -0.4 is 0 Å². The third kappa shape index (κ3) is 1.92. The molecule has 0 radical (unpaired) electrons. The molecule has 0 aliphatic rings. The van der Waals surface area contributed by atoms with E-state index in [1.54, 1.807) is 0 Å². The molecule has 2 aromatic heterocycles. The second-order valence-electron chi connectivity index (χ2n) is 4.60. The number of para-hydroxylation sites is 1. The van der Waals surface area contributed by atoms with E-state index in [1.165, 1.54) is 23.8 Å². The summed E-state index contributed by atoms with van der Waals surface area (Å²) < 4.78 is 2.17. The molecule has 0 fully saturated rings. The molecule has 18 heavy (non-hydrogen) atoms. The molecular formula is C15H17N3. The second kappa shape index (κ2) is 4.69. The first-order chi connectivity index (χ1) is 8.88. The average molecular weight is 239 g/mol. The summed E-state index contributed by atoms with van der Waals surface area (Å²) in [6, 6.07) is 8.33. The molecule has 0 unspecified atom stereocenters. The fourth-order valence-corrected chi connectivity index (χ4v) is 2.25. The molecule has 3 nitrogen and oxygen atoms in total. The summed E-state index contributed by atoms with van der Waals surface area (Å²) in [5.41, 5.74) is 3.39. The van der Waals surface area contributed by atoms with Gasteiger partial charge in [0, 0.05) is 35.4 Å². The quantitative estimate of drug-likeness (QED) is 0.737. The van der Waals surface area contributed by atoms with Gasteiger partial charge in [-0.15, -0.1) is 0 Å². The third-order valence-corrected chi connectivity index (χ3v) is 3.27. The van der Waals surface area contributed by atoms with Crippen molar-refractivity contribution in [3.8, 4) is 11.3 Å². The number of unbranched alkanes of at least 4 members (excludes halogenated alkanes) is 1. The van der Waals surface area contributed by atoms with Gasteiger partial charge in [0.2, 0.25) is 0 Å². The number of hydrogen-bond acceptors (Lipinski definition) is 1. The van der Waals surface area contributed by atoms with E-state index in [1.807, 2.05) is 18.6 Å². The van der Waals surface area contributed by atoms with Crippen LogP contribution >= 0.6 is 0 Å². The van der Waals surface area contributed by atoms with Crippen LogP contribution in [0, 0.1) is 0 Å². The molecule has 0 saturated heterocycles. The van der Waals surface area contributed by atoms with Gasteiger partial charge in [-0.1, -0.05) is 31.5 Å². The maximum atomic E-state index is 4.50. The number of nitrogens with one attached hydrogen (secondary N) is 1. The van der Waals surface area contributed by atoms with Gasteiger partial charge in [-0.05, 0) is 12.5 Å². The highest BCUT2D eigenvalue weighted by Crippen LogP contribution is 2.26. The first kappa shape index (κ1) is 11.1. The second-order valence-corrected chi connectivity index (χ2v) is 4.60. The summed E-state index contributed by atoms with van der Waals surface area (Å²) in [6.45, 7) is 3.25. The number of hydrogen-bond donors (Lipinski definition) is 1. The Bertz CT molecular complexity index is 648. The first-order valence-electron chi connectivity index (χ1n) is 6.46. The van der Waals surface area contributed by atoms with Gasteiger partial charge in [0.05, 0.1) is 12.0 Å². The smallest absolute Gasteiger partial charge is 0.0953 e. The molecule has 3 aromatic rings. The van der Waals surface area contributed by atoms with Gasteiger partial charge in [-0.3, -0.25) is 0 Å². The molecule has 3 heteroatoms. The van der Waals surface area contributed by atoms with Gasteiger partial charge in [0.25, 0.3) is 0 Å². The highest BCUT2D eigenvalue weighted by Gasteiger charge is 2.07. The van der Waals surface area contributed by atoms with Crippen molar-refractivity contribution in [3.63, 3.8) is 0 Å².